The Hall–Kier alpha value is -2.71. The van der Waals surface area contributed by atoms with Gasteiger partial charge in [-0.25, -0.2) is 0 Å². The number of carbonyl (C=O) groups excluding carboxylic acids is 1. The number of amidine groups is 1. The van der Waals surface area contributed by atoms with Crippen LogP contribution in [0.5, 0.6) is 5.75 Å². The molecule has 1 amide bonds. The zero-order chi connectivity index (χ0) is 22.8. The van der Waals surface area contributed by atoms with Crippen LogP contribution in [0.4, 0.5) is 0 Å². The normalized spacial score (nSPS) is 23.8. The Morgan fingerprint density at radius 3 is 2.52 bits per heavy atom. The van der Waals surface area contributed by atoms with E-state index in [1.54, 1.807) is 13.3 Å². The summed E-state index contributed by atoms with van der Waals surface area (Å²) < 4.78 is 10.8. The lowest BCUT2D eigenvalue weighted by atomic mass is 9.89. The van der Waals surface area contributed by atoms with E-state index in [-0.39, 0.29) is 11.9 Å². The number of methoxy groups -OCH3 is 1. The number of hydrogen-bond acceptors (Lipinski definition) is 7. The van der Waals surface area contributed by atoms with Crippen molar-refractivity contribution >= 4 is 17.5 Å². The second kappa shape index (κ2) is 9.65. The number of rotatable bonds is 5. The first-order valence-corrected chi connectivity index (χ1v) is 12.0. The molecule has 2 fully saturated rings. The second-order valence-corrected chi connectivity index (χ2v) is 9.28. The first-order valence-electron chi connectivity index (χ1n) is 12.0. The maximum absolute atomic E-state index is 12.8. The molecule has 1 N–H and O–H groups in total. The smallest absolute Gasteiger partial charge is 0.276 e. The van der Waals surface area contributed by atoms with Crippen LogP contribution in [0.3, 0.4) is 0 Å². The number of aliphatic imine (C=N–C) groups is 1. The molecule has 8 heteroatoms. The molecule has 1 aromatic rings. The summed E-state index contributed by atoms with van der Waals surface area (Å²) in [6.45, 7) is 6.23. The van der Waals surface area contributed by atoms with Crippen molar-refractivity contribution in [3.8, 4) is 5.75 Å². The molecule has 0 bridgehead atoms. The molecule has 0 aromatic heterocycles. The molecule has 1 aromatic carbocycles. The van der Waals surface area contributed by atoms with E-state index >= 15 is 0 Å². The Morgan fingerprint density at radius 1 is 1.09 bits per heavy atom. The molecule has 4 aliphatic heterocycles. The predicted molar refractivity (Wildman–Crippen MR) is 127 cm³/mol. The number of hydrogen-bond donors (Lipinski definition) is 1. The van der Waals surface area contributed by atoms with Crippen LogP contribution in [0, 0.1) is 5.92 Å². The molecule has 2 saturated heterocycles. The minimum absolute atomic E-state index is 0.0534. The van der Waals surface area contributed by atoms with E-state index in [9.17, 15) is 4.79 Å². The molecule has 4 aliphatic rings. The summed E-state index contributed by atoms with van der Waals surface area (Å²) in [5.74, 6) is 2.47. The third-order valence-electron chi connectivity index (χ3n) is 7.40. The molecule has 0 radical (unpaired) electrons. The van der Waals surface area contributed by atoms with Crippen LogP contribution in [-0.2, 0) is 9.53 Å². The number of piperidine rings is 1. The number of nitrogens with zero attached hydrogens (tertiary/aromatic N) is 4. The number of benzene rings is 1. The molecule has 176 valence electrons. The van der Waals surface area contributed by atoms with Gasteiger partial charge < -0.3 is 14.8 Å². The Bertz CT molecular complexity index is 957. The van der Waals surface area contributed by atoms with Gasteiger partial charge in [-0.1, -0.05) is 12.1 Å². The monoisotopic (exact) mass is 451 g/mol. The van der Waals surface area contributed by atoms with Gasteiger partial charge in [0.15, 0.2) is 0 Å². The minimum Gasteiger partial charge on any atom is -0.497 e. The molecule has 1 atom stereocenters. The molecule has 5 rings (SSSR count). The van der Waals surface area contributed by atoms with Gasteiger partial charge >= 0.3 is 0 Å². The molecular formula is C25H33N5O3. The molecule has 0 aliphatic carbocycles. The van der Waals surface area contributed by atoms with Crippen molar-refractivity contribution in [3.05, 3.63) is 41.7 Å². The maximum Gasteiger partial charge on any atom is 0.276 e. The molecule has 8 nitrogen and oxygen atoms in total. The predicted octanol–water partition coefficient (Wildman–Crippen LogP) is 2.73. The highest BCUT2D eigenvalue weighted by Crippen LogP contribution is 2.30. The molecule has 0 spiro atoms. The van der Waals surface area contributed by atoms with Gasteiger partial charge in [0.05, 0.1) is 25.9 Å². The summed E-state index contributed by atoms with van der Waals surface area (Å²) >= 11 is 0. The van der Waals surface area contributed by atoms with Gasteiger partial charge in [-0.05, 0) is 69.3 Å². The van der Waals surface area contributed by atoms with Crippen LogP contribution < -0.4 is 10.1 Å². The third kappa shape index (κ3) is 4.68. The van der Waals surface area contributed by atoms with Gasteiger partial charge in [0.1, 0.15) is 17.3 Å². The fourth-order valence-corrected chi connectivity index (χ4v) is 5.21. The van der Waals surface area contributed by atoms with E-state index in [2.05, 4.69) is 34.3 Å². The third-order valence-corrected chi connectivity index (χ3v) is 7.40. The average Bonchev–Trinajstić information content (AvgIpc) is 2.88. The fourth-order valence-electron chi connectivity index (χ4n) is 5.21. The Labute approximate surface area is 195 Å². The van der Waals surface area contributed by atoms with Crippen molar-refractivity contribution in [2.75, 3.05) is 40.0 Å². The van der Waals surface area contributed by atoms with Crippen LogP contribution in [0.1, 0.15) is 44.1 Å². The number of carbonyl (C=O) groups is 1. The zero-order valence-corrected chi connectivity index (χ0v) is 19.5. The lowest BCUT2D eigenvalue weighted by Gasteiger charge is -2.39. The minimum atomic E-state index is -0.116. The Morgan fingerprint density at radius 2 is 1.82 bits per heavy atom. The highest BCUT2D eigenvalue weighted by atomic mass is 16.5. The number of amides is 1. The van der Waals surface area contributed by atoms with Crippen molar-refractivity contribution in [2.45, 2.75) is 44.6 Å². The highest BCUT2D eigenvalue weighted by Gasteiger charge is 2.34. The summed E-state index contributed by atoms with van der Waals surface area (Å²) in [6, 6.07) is 8.49. The number of hydrazone groups is 1. The SMILES string of the molecule is COc1ccc(C2CCN(C(C)C3=NN4CC(C5CCOCC5)=NC=C4C(=O)N3)CC2)cc1. The van der Waals surface area contributed by atoms with Crippen LogP contribution in [0.25, 0.3) is 0 Å². The molecule has 1 unspecified atom stereocenters. The molecule has 33 heavy (non-hydrogen) atoms. The first-order chi connectivity index (χ1) is 16.1. The van der Waals surface area contributed by atoms with Crippen LogP contribution >= 0.6 is 0 Å². The quantitative estimate of drug-likeness (QED) is 0.745. The second-order valence-electron chi connectivity index (χ2n) is 9.28. The van der Waals surface area contributed by atoms with Crippen molar-refractivity contribution in [2.24, 2.45) is 16.0 Å². The van der Waals surface area contributed by atoms with E-state index in [4.69, 9.17) is 14.6 Å². The van der Waals surface area contributed by atoms with Crippen LogP contribution in [-0.4, -0.2) is 73.4 Å². The summed E-state index contributed by atoms with van der Waals surface area (Å²) in [4.78, 5) is 19.8. The number of fused-ring (bicyclic) bond motifs is 1. The standard InChI is InChI=1S/C25H33N5O3/c1-17(29-11-7-19(8-12-29)18-3-5-21(32-2)6-4-18)24-27-25(31)23-15-26-22(16-30(23)28-24)20-9-13-33-14-10-20/h3-6,15,17,19-20H,7-14,16H2,1-2H3,(H,27,28,31). The van der Waals surface area contributed by atoms with E-state index in [1.807, 2.05) is 17.1 Å². The topological polar surface area (TPSA) is 78.8 Å². The summed E-state index contributed by atoms with van der Waals surface area (Å²) in [5.41, 5.74) is 3.00. The lowest BCUT2D eigenvalue weighted by molar-refractivity contribution is -0.118. The van der Waals surface area contributed by atoms with E-state index < -0.39 is 0 Å². The highest BCUT2D eigenvalue weighted by molar-refractivity contribution is 6.10. The van der Waals surface area contributed by atoms with Gasteiger partial charge in [0, 0.05) is 24.8 Å². The largest absolute Gasteiger partial charge is 0.497 e. The van der Waals surface area contributed by atoms with Crippen molar-refractivity contribution < 1.29 is 14.3 Å². The first kappa shape index (κ1) is 22.1. The van der Waals surface area contributed by atoms with Gasteiger partial charge in [-0.2, -0.15) is 5.10 Å². The number of ether oxygens (including phenoxy) is 2. The Kier molecular flexibility index (Phi) is 6.46. The zero-order valence-electron chi connectivity index (χ0n) is 19.5. The van der Waals surface area contributed by atoms with Crippen LogP contribution in [0.15, 0.2) is 46.3 Å². The van der Waals surface area contributed by atoms with Gasteiger partial charge in [-0.3, -0.25) is 19.7 Å². The van der Waals surface area contributed by atoms with Gasteiger partial charge in [-0.15, -0.1) is 0 Å². The van der Waals surface area contributed by atoms with Crippen LogP contribution in [0.2, 0.25) is 0 Å². The van der Waals surface area contributed by atoms with E-state index in [0.717, 1.165) is 69.3 Å². The Balaban J connectivity index is 1.22. The van der Waals surface area contributed by atoms with Crippen molar-refractivity contribution in [1.29, 1.82) is 0 Å². The van der Waals surface area contributed by atoms with Gasteiger partial charge in [0.2, 0.25) is 0 Å². The van der Waals surface area contributed by atoms with Gasteiger partial charge in [0.25, 0.3) is 5.91 Å². The van der Waals surface area contributed by atoms with Crippen molar-refractivity contribution in [1.82, 2.24) is 15.2 Å². The molecular weight excluding hydrogens is 418 g/mol. The fraction of sp³-hybridized carbons (Fsp3) is 0.560. The summed E-state index contributed by atoms with van der Waals surface area (Å²) in [6.07, 6.45) is 5.83. The van der Waals surface area contributed by atoms with E-state index in [0.29, 0.717) is 24.1 Å². The molecule has 4 heterocycles. The summed E-state index contributed by atoms with van der Waals surface area (Å²) in [5, 5.41) is 9.71. The maximum atomic E-state index is 12.8. The average molecular weight is 452 g/mol. The van der Waals surface area contributed by atoms with Crippen molar-refractivity contribution in [3.63, 3.8) is 0 Å². The number of nitrogens with one attached hydrogen (secondary N) is 1. The number of likely N-dealkylation sites (tertiary alicyclic amines) is 1. The lowest BCUT2D eigenvalue weighted by Crippen LogP contribution is -2.54. The molecule has 0 saturated carbocycles. The summed E-state index contributed by atoms with van der Waals surface area (Å²) in [7, 11) is 1.70. The van der Waals surface area contributed by atoms with E-state index in [1.165, 1.54) is 5.56 Å².